The lowest BCUT2D eigenvalue weighted by atomic mass is 10.1. The van der Waals surface area contributed by atoms with Crippen molar-refractivity contribution < 1.29 is 9.18 Å². The molecule has 2 aromatic heterocycles. The fraction of sp³-hybridized carbons (Fsp3) is 0.136. The quantitative estimate of drug-likeness (QED) is 0.303. The summed E-state index contributed by atoms with van der Waals surface area (Å²) in [6.45, 7) is 3.92. The van der Waals surface area contributed by atoms with Crippen LogP contribution in [-0.2, 0) is 4.79 Å². The first-order valence-electron chi connectivity index (χ1n) is 9.28. The number of hydrogen-bond acceptors (Lipinski definition) is 5. The number of amides is 1. The maximum absolute atomic E-state index is 14.0. The number of carbonyl (C=O) groups excluding carboxylic acids is 1. The molecule has 5 nitrogen and oxygen atoms in total. The van der Waals surface area contributed by atoms with Crippen LogP contribution >= 0.6 is 34.7 Å². The second-order valence-electron chi connectivity index (χ2n) is 6.98. The zero-order chi connectivity index (χ0) is 22.1. The minimum absolute atomic E-state index is 0.0444. The van der Waals surface area contributed by atoms with Gasteiger partial charge in [-0.1, -0.05) is 29.4 Å². The molecule has 0 fully saturated rings. The van der Waals surface area contributed by atoms with Crippen molar-refractivity contribution in [2.24, 2.45) is 0 Å². The summed E-state index contributed by atoms with van der Waals surface area (Å²) >= 11 is 8.20. The maximum Gasteiger partial charge on any atom is 0.276 e. The molecule has 0 spiro atoms. The molecular formula is C22H17ClFN3O2S2. The molecule has 1 N–H and O–H groups in total. The van der Waals surface area contributed by atoms with Gasteiger partial charge in [-0.3, -0.25) is 14.2 Å². The number of hydrogen-bond donors (Lipinski definition) is 1. The van der Waals surface area contributed by atoms with Crippen LogP contribution in [0.5, 0.6) is 0 Å². The molecule has 158 valence electrons. The summed E-state index contributed by atoms with van der Waals surface area (Å²) in [5.41, 5.74) is 3.17. The number of aryl methyl sites for hydroxylation is 2. The number of halogens is 2. The minimum Gasteiger partial charge on any atom is -0.323 e. The summed E-state index contributed by atoms with van der Waals surface area (Å²) in [6.07, 6.45) is 0. The Kier molecular flexibility index (Phi) is 6.13. The van der Waals surface area contributed by atoms with Crippen molar-refractivity contribution >= 4 is 56.5 Å². The van der Waals surface area contributed by atoms with Gasteiger partial charge in [-0.05, 0) is 66.8 Å². The van der Waals surface area contributed by atoms with E-state index in [1.54, 1.807) is 6.07 Å². The van der Waals surface area contributed by atoms with E-state index >= 15 is 0 Å². The highest BCUT2D eigenvalue weighted by molar-refractivity contribution is 7.99. The standard InChI is InChI=1S/C22H17ClFN3O2S2/c1-12-7-13(2)9-15(8-12)27-21(29)20-18(5-6-30-20)26-22(27)31-11-19(28)25-17-4-3-14(23)10-16(17)24/h3-10H,11H2,1-2H3,(H,25,28). The number of rotatable bonds is 5. The number of aromatic nitrogens is 2. The van der Waals surface area contributed by atoms with Gasteiger partial charge < -0.3 is 5.32 Å². The van der Waals surface area contributed by atoms with Gasteiger partial charge in [0.1, 0.15) is 10.5 Å². The zero-order valence-corrected chi connectivity index (χ0v) is 19.0. The molecule has 0 radical (unpaired) electrons. The molecule has 2 aromatic carbocycles. The number of carbonyl (C=O) groups is 1. The third-order valence-corrected chi connectivity index (χ3v) is 6.52. The Morgan fingerprint density at radius 1 is 1.19 bits per heavy atom. The van der Waals surface area contributed by atoms with Gasteiger partial charge in [0.05, 0.1) is 22.6 Å². The van der Waals surface area contributed by atoms with Crippen LogP contribution in [0.3, 0.4) is 0 Å². The summed E-state index contributed by atoms with van der Waals surface area (Å²) < 4.78 is 16.0. The molecule has 31 heavy (non-hydrogen) atoms. The van der Waals surface area contributed by atoms with Gasteiger partial charge in [0.25, 0.3) is 5.56 Å². The molecule has 9 heteroatoms. The van der Waals surface area contributed by atoms with Crippen molar-refractivity contribution in [2.45, 2.75) is 19.0 Å². The van der Waals surface area contributed by atoms with E-state index in [1.165, 1.54) is 28.0 Å². The van der Waals surface area contributed by atoms with E-state index in [2.05, 4.69) is 10.3 Å². The highest BCUT2D eigenvalue weighted by atomic mass is 35.5. The number of fused-ring (bicyclic) bond motifs is 1. The van der Waals surface area contributed by atoms with Gasteiger partial charge in [-0.2, -0.15) is 0 Å². The Morgan fingerprint density at radius 3 is 2.65 bits per heavy atom. The molecule has 0 aliphatic carbocycles. The Morgan fingerprint density at radius 2 is 1.94 bits per heavy atom. The monoisotopic (exact) mass is 473 g/mol. The van der Waals surface area contributed by atoms with Gasteiger partial charge in [-0.15, -0.1) is 11.3 Å². The fourth-order valence-electron chi connectivity index (χ4n) is 3.20. The molecule has 4 rings (SSSR count). The molecular weight excluding hydrogens is 457 g/mol. The number of anilines is 1. The van der Waals surface area contributed by atoms with Gasteiger partial charge in [0.2, 0.25) is 5.91 Å². The Labute approximate surface area is 190 Å². The van der Waals surface area contributed by atoms with E-state index in [4.69, 9.17) is 11.6 Å². The smallest absolute Gasteiger partial charge is 0.276 e. The molecule has 1 amide bonds. The first-order valence-corrected chi connectivity index (χ1v) is 11.5. The molecule has 0 saturated carbocycles. The van der Waals surface area contributed by atoms with E-state index in [0.717, 1.165) is 29.0 Å². The van der Waals surface area contributed by atoms with Gasteiger partial charge >= 0.3 is 0 Å². The zero-order valence-electron chi connectivity index (χ0n) is 16.6. The van der Waals surface area contributed by atoms with E-state index in [-0.39, 0.29) is 22.0 Å². The second-order valence-corrected chi connectivity index (χ2v) is 9.27. The third-order valence-electron chi connectivity index (χ3n) is 4.45. The number of benzene rings is 2. The van der Waals surface area contributed by atoms with Crippen LogP contribution in [0.15, 0.2) is 57.8 Å². The van der Waals surface area contributed by atoms with E-state index in [1.807, 2.05) is 37.4 Å². The molecule has 0 unspecified atom stereocenters. The number of thiophene rings is 1. The highest BCUT2D eigenvalue weighted by Gasteiger charge is 2.17. The lowest BCUT2D eigenvalue weighted by molar-refractivity contribution is -0.113. The summed E-state index contributed by atoms with van der Waals surface area (Å²) in [4.78, 5) is 30.2. The van der Waals surface area contributed by atoms with Gasteiger partial charge in [0, 0.05) is 5.02 Å². The van der Waals surface area contributed by atoms with Crippen LogP contribution in [0.4, 0.5) is 10.1 Å². The average molecular weight is 474 g/mol. The number of nitrogens with one attached hydrogen (secondary N) is 1. The van der Waals surface area contributed by atoms with Crippen LogP contribution in [0.2, 0.25) is 5.02 Å². The van der Waals surface area contributed by atoms with Crippen LogP contribution < -0.4 is 10.9 Å². The summed E-state index contributed by atoms with van der Waals surface area (Å²) in [5, 5.41) is 4.98. The Balaban J connectivity index is 1.66. The fourth-order valence-corrected chi connectivity index (χ4v) is 4.93. The van der Waals surface area contributed by atoms with Gasteiger partial charge in [0.15, 0.2) is 5.16 Å². The predicted octanol–water partition coefficient (Wildman–Crippen LogP) is 5.59. The normalized spacial score (nSPS) is 11.1. The van der Waals surface area contributed by atoms with Crippen molar-refractivity contribution in [3.63, 3.8) is 0 Å². The number of nitrogens with zero attached hydrogens (tertiary/aromatic N) is 2. The van der Waals surface area contributed by atoms with Crippen LogP contribution in [-0.4, -0.2) is 21.2 Å². The predicted molar refractivity (Wildman–Crippen MR) is 125 cm³/mol. The average Bonchev–Trinajstić information content (AvgIpc) is 3.17. The van der Waals surface area contributed by atoms with Gasteiger partial charge in [-0.25, -0.2) is 9.37 Å². The van der Waals surface area contributed by atoms with Crippen molar-refractivity contribution in [3.8, 4) is 5.69 Å². The summed E-state index contributed by atoms with van der Waals surface area (Å²) in [7, 11) is 0. The molecule has 0 aliphatic heterocycles. The van der Waals surface area contributed by atoms with Crippen LogP contribution in [0.25, 0.3) is 15.9 Å². The molecule has 2 heterocycles. The lowest BCUT2D eigenvalue weighted by Crippen LogP contribution is -2.22. The Bertz CT molecular complexity index is 1350. The molecule has 0 bridgehead atoms. The first kappa shape index (κ1) is 21.5. The Hall–Kier alpha value is -2.68. The molecule has 0 atom stereocenters. The van der Waals surface area contributed by atoms with Crippen molar-refractivity contribution in [1.82, 2.24) is 9.55 Å². The van der Waals surface area contributed by atoms with E-state index in [0.29, 0.717) is 21.1 Å². The minimum atomic E-state index is -0.615. The maximum atomic E-state index is 14.0. The van der Waals surface area contributed by atoms with E-state index < -0.39 is 11.7 Å². The van der Waals surface area contributed by atoms with Crippen LogP contribution in [0.1, 0.15) is 11.1 Å². The van der Waals surface area contributed by atoms with E-state index in [9.17, 15) is 14.0 Å². The number of thioether (sulfide) groups is 1. The SMILES string of the molecule is Cc1cc(C)cc(-n2c(SCC(=O)Nc3ccc(Cl)cc3F)nc3ccsc3c2=O)c1. The van der Waals surface area contributed by atoms with Crippen LogP contribution in [0, 0.1) is 19.7 Å². The lowest BCUT2D eigenvalue weighted by Gasteiger charge is -2.13. The highest BCUT2D eigenvalue weighted by Crippen LogP contribution is 2.25. The van der Waals surface area contributed by atoms with Crippen molar-refractivity contribution in [1.29, 1.82) is 0 Å². The van der Waals surface area contributed by atoms with Crippen molar-refractivity contribution in [2.75, 3.05) is 11.1 Å². The largest absolute Gasteiger partial charge is 0.323 e. The summed E-state index contributed by atoms with van der Waals surface area (Å²) in [5.74, 6) is -1.08. The second kappa shape index (κ2) is 8.82. The van der Waals surface area contributed by atoms with Crippen molar-refractivity contribution in [3.05, 3.63) is 80.2 Å². The molecule has 0 saturated heterocycles. The first-order chi connectivity index (χ1) is 14.8. The molecule has 0 aliphatic rings. The molecule has 4 aromatic rings. The third kappa shape index (κ3) is 4.66. The topological polar surface area (TPSA) is 64.0 Å². The summed E-state index contributed by atoms with van der Waals surface area (Å²) in [6, 6.07) is 11.6.